The third kappa shape index (κ3) is 3.95. The van der Waals surface area contributed by atoms with Gasteiger partial charge in [-0.15, -0.1) is 0 Å². The summed E-state index contributed by atoms with van der Waals surface area (Å²) in [5.74, 6) is -0.0550. The molecule has 0 aliphatic carbocycles. The second kappa shape index (κ2) is 6.03. The topological polar surface area (TPSA) is 78.6 Å². The third-order valence-electron chi connectivity index (χ3n) is 4.14. The van der Waals surface area contributed by atoms with Crippen molar-refractivity contribution in [3.63, 3.8) is 0 Å². The van der Waals surface area contributed by atoms with Gasteiger partial charge in [-0.2, -0.15) is 0 Å². The van der Waals surface area contributed by atoms with Crippen LogP contribution in [-0.2, 0) is 4.79 Å². The first-order valence-electron chi connectivity index (χ1n) is 7.42. The molecule has 2 atom stereocenters. The Labute approximate surface area is 126 Å². The lowest BCUT2D eigenvalue weighted by molar-refractivity contribution is -0.123. The number of anilines is 2. The standard InChI is InChI=1S/C16H25N3O2/c1-11-9-13(17)5-6-14(11)18-15(20)12(2)19-8-4-7-16(3,21)10-19/h5-6,9,12,21H,4,7-8,10,17H2,1-3H3,(H,18,20). The molecule has 1 heterocycles. The lowest BCUT2D eigenvalue weighted by atomic mass is 9.94. The average Bonchev–Trinajstić information content (AvgIpc) is 2.40. The second-order valence-corrected chi connectivity index (χ2v) is 6.31. The van der Waals surface area contributed by atoms with Crippen molar-refractivity contribution in [2.45, 2.75) is 45.3 Å². The van der Waals surface area contributed by atoms with Crippen molar-refractivity contribution < 1.29 is 9.90 Å². The Morgan fingerprint density at radius 1 is 1.52 bits per heavy atom. The molecule has 21 heavy (non-hydrogen) atoms. The van der Waals surface area contributed by atoms with Gasteiger partial charge in [0.1, 0.15) is 0 Å². The average molecular weight is 291 g/mol. The molecular formula is C16H25N3O2. The lowest BCUT2D eigenvalue weighted by Gasteiger charge is -2.39. The minimum atomic E-state index is -0.704. The van der Waals surface area contributed by atoms with Crippen molar-refractivity contribution in [1.82, 2.24) is 4.90 Å². The summed E-state index contributed by atoms with van der Waals surface area (Å²) in [5.41, 5.74) is 7.43. The first-order chi connectivity index (χ1) is 9.78. The van der Waals surface area contributed by atoms with Crippen molar-refractivity contribution in [2.75, 3.05) is 24.1 Å². The Bertz CT molecular complexity index is 528. The van der Waals surface area contributed by atoms with E-state index in [2.05, 4.69) is 5.32 Å². The van der Waals surface area contributed by atoms with E-state index in [-0.39, 0.29) is 11.9 Å². The van der Waals surface area contributed by atoms with E-state index in [1.807, 2.05) is 37.8 Å². The molecule has 0 bridgehead atoms. The predicted molar refractivity (Wildman–Crippen MR) is 85.1 cm³/mol. The molecule has 1 aromatic carbocycles. The van der Waals surface area contributed by atoms with Crippen LogP contribution >= 0.6 is 0 Å². The summed E-state index contributed by atoms with van der Waals surface area (Å²) >= 11 is 0. The van der Waals surface area contributed by atoms with Crippen molar-refractivity contribution in [1.29, 1.82) is 0 Å². The van der Waals surface area contributed by atoms with Crippen molar-refractivity contribution in [3.05, 3.63) is 23.8 Å². The Kier molecular flexibility index (Phi) is 4.54. The summed E-state index contributed by atoms with van der Waals surface area (Å²) in [6.45, 7) is 6.99. The van der Waals surface area contributed by atoms with E-state index in [9.17, 15) is 9.90 Å². The molecule has 5 nitrogen and oxygen atoms in total. The number of carbonyl (C=O) groups excluding carboxylic acids is 1. The van der Waals surface area contributed by atoms with Gasteiger partial charge in [0.15, 0.2) is 0 Å². The minimum Gasteiger partial charge on any atom is -0.399 e. The summed E-state index contributed by atoms with van der Waals surface area (Å²) in [6, 6.07) is 5.17. The molecule has 1 amide bonds. The number of nitrogens with zero attached hydrogens (tertiary/aromatic N) is 1. The Balaban J connectivity index is 2.02. The Morgan fingerprint density at radius 2 is 2.24 bits per heavy atom. The number of piperidine rings is 1. The molecule has 4 N–H and O–H groups in total. The maximum atomic E-state index is 12.4. The Morgan fingerprint density at radius 3 is 2.86 bits per heavy atom. The quantitative estimate of drug-likeness (QED) is 0.741. The van der Waals surface area contributed by atoms with Gasteiger partial charge in [0.2, 0.25) is 5.91 Å². The van der Waals surface area contributed by atoms with Gasteiger partial charge in [-0.3, -0.25) is 9.69 Å². The molecule has 116 valence electrons. The summed E-state index contributed by atoms with van der Waals surface area (Å²) in [5, 5.41) is 13.1. The number of aliphatic hydroxyl groups is 1. The second-order valence-electron chi connectivity index (χ2n) is 6.31. The number of β-amino-alcohol motifs (C(OH)–C–C–N with tert-alkyl or cyclic N) is 1. The van der Waals surface area contributed by atoms with Gasteiger partial charge in [0.05, 0.1) is 11.6 Å². The van der Waals surface area contributed by atoms with Crippen LogP contribution in [0.4, 0.5) is 11.4 Å². The van der Waals surface area contributed by atoms with Crippen LogP contribution in [0.15, 0.2) is 18.2 Å². The van der Waals surface area contributed by atoms with Crippen LogP contribution in [0, 0.1) is 6.92 Å². The van der Waals surface area contributed by atoms with Gasteiger partial charge >= 0.3 is 0 Å². The number of amides is 1. The van der Waals surface area contributed by atoms with E-state index >= 15 is 0 Å². The SMILES string of the molecule is Cc1cc(N)ccc1NC(=O)C(C)N1CCCC(C)(O)C1. The number of hydrogen-bond donors (Lipinski definition) is 3. The maximum Gasteiger partial charge on any atom is 0.241 e. The zero-order valence-corrected chi connectivity index (χ0v) is 13.0. The number of hydrogen-bond acceptors (Lipinski definition) is 4. The molecule has 2 unspecified atom stereocenters. The van der Waals surface area contributed by atoms with Crippen LogP contribution < -0.4 is 11.1 Å². The van der Waals surface area contributed by atoms with Gasteiger partial charge in [-0.05, 0) is 63.9 Å². The van der Waals surface area contributed by atoms with Gasteiger partial charge < -0.3 is 16.2 Å². The predicted octanol–water partition coefficient (Wildman–Crippen LogP) is 1.75. The molecule has 2 rings (SSSR count). The number of benzene rings is 1. The summed E-state index contributed by atoms with van der Waals surface area (Å²) in [4.78, 5) is 14.4. The van der Waals surface area contributed by atoms with Crippen LogP contribution in [0.25, 0.3) is 0 Å². The number of nitrogens with two attached hydrogens (primary N) is 1. The minimum absolute atomic E-state index is 0.0550. The van der Waals surface area contributed by atoms with Crippen molar-refractivity contribution in [3.8, 4) is 0 Å². The van der Waals surface area contributed by atoms with Crippen LogP contribution in [0.2, 0.25) is 0 Å². The monoisotopic (exact) mass is 291 g/mol. The van der Waals surface area contributed by atoms with E-state index in [1.54, 1.807) is 6.07 Å². The number of rotatable bonds is 3. The lowest BCUT2D eigenvalue weighted by Crippen LogP contribution is -2.52. The van der Waals surface area contributed by atoms with Crippen LogP contribution in [-0.4, -0.2) is 40.6 Å². The summed E-state index contributed by atoms with van der Waals surface area (Å²) in [6.07, 6.45) is 1.69. The molecule has 1 aromatic rings. The summed E-state index contributed by atoms with van der Waals surface area (Å²) < 4.78 is 0. The molecule has 1 saturated heterocycles. The zero-order valence-electron chi connectivity index (χ0n) is 13.0. The highest BCUT2D eigenvalue weighted by molar-refractivity contribution is 5.95. The fraction of sp³-hybridized carbons (Fsp3) is 0.562. The number of nitrogen functional groups attached to an aromatic ring is 1. The van der Waals surface area contributed by atoms with E-state index in [4.69, 9.17) is 5.73 Å². The van der Waals surface area contributed by atoms with E-state index in [1.165, 1.54) is 0 Å². The molecule has 0 radical (unpaired) electrons. The van der Waals surface area contributed by atoms with E-state index < -0.39 is 5.60 Å². The highest BCUT2D eigenvalue weighted by atomic mass is 16.3. The summed E-state index contributed by atoms with van der Waals surface area (Å²) in [7, 11) is 0. The normalized spacial score (nSPS) is 24.6. The number of nitrogens with one attached hydrogen (secondary N) is 1. The van der Waals surface area contributed by atoms with Crippen molar-refractivity contribution >= 4 is 17.3 Å². The van der Waals surface area contributed by atoms with Crippen LogP contribution in [0.3, 0.4) is 0 Å². The van der Waals surface area contributed by atoms with Gasteiger partial charge in [0.25, 0.3) is 0 Å². The highest BCUT2D eigenvalue weighted by Crippen LogP contribution is 2.23. The number of likely N-dealkylation sites (tertiary alicyclic amines) is 1. The number of carbonyl (C=O) groups is 1. The highest BCUT2D eigenvalue weighted by Gasteiger charge is 2.33. The van der Waals surface area contributed by atoms with Crippen molar-refractivity contribution in [2.24, 2.45) is 0 Å². The van der Waals surface area contributed by atoms with Crippen LogP contribution in [0.5, 0.6) is 0 Å². The molecule has 0 saturated carbocycles. The molecule has 1 fully saturated rings. The third-order valence-corrected chi connectivity index (χ3v) is 4.14. The van der Waals surface area contributed by atoms with Crippen LogP contribution in [0.1, 0.15) is 32.3 Å². The first-order valence-corrected chi connectivity index (χ1v) is 7.42. The first kappa shape index (κ1) is 15.8. The molecule has 0 spiro atoms. The van der Waals surface area contributed by atoms with E-state index in [0.29, 0.717) is 12.2 Å². The Hall–Kier alpha value is -1.59. The maximum absolute atomic E-state index is 12.4. The van der Waals surface area contributed by atoms with Gasteiger partial charge in [0, 0.05) is 17.9 Å². The van der Waals surface area contributed by atoms with E-state index in [0.717, 1.165) is 30.6 Å². The molecular weight excluding hydrogens is 266 g/mol. The zero-order chi connectivity index (χ0) is 15.6. The molecule has 5 heteroatoms. The molecule has 0 aromatic heterocycles. The van der Waals surface area contributed by atoms with Gasteiger partial charge in [-0.25, -0.2) is 0 Å². The smallest absolute Gasteiger partial charge is 0.241 e. The largest absolute Gasteiger partial charge is 0.399 e. The molecule has 1 aliphatic heterocycles. The fourth-order valence-electron chi connectivity index (χ4n) is 2.82. The molecule has 1 aliphatic rings. The fourth-order valence-corrected chi connectivity index (χ4v) is 2.82. The number of aryl methyl sites for hydroxylation is 1. The van der Waals surface area contributed by atoms with Gasteiger partial charge in [-0.1, -0.05) is 0 Å².